The Morgan fingerprint density at radius 3 is 2.42 bits per heavy atom. The van der Waals surface area contributed by atoms with Crippen LogP contribution in [0.4, 0.5) is 5.82 Å². The first-order valence-corrected chi connectivity index (χ1v) is 6.18. The fraction of sp³-hybridized carbons (Fsp3) is 0.286. The Morgan fingerprint density at radius 1 is 1.16 bits per heavy atom. The zero-order valence-corrected chi connectivity index (χ0v) is 11.3. The molecule has 0 aliphatic carbocycles. The van der Waals surface area contributed by atoms with E-state index in [1.54, 1.807) is 13.0 Å². The van der Waals surface area contributed by atoms with Gasteiger partial charge in [-0.3, -0.25) is 0 Å². The average molecular weight is 258 g/mol. The predicted molar refractivity (Wildman–Crippen MR) is 75.2 cm³/mol. The standard InChI is InChI=1S/C14H18N4O/c1-9(2)11-4-6-12(7-5-11)19-14-8-13(18-15)16-10(3)17-14/h4-9H,15H2,1-3H3,(H,16,17,18). The number of benzene rings is 1. The number of nitrogen functional groups attached to an aromatic ring is 1. The van der Waals surface area contributed by atoms with Gasteiger partial charge in [0.05, 0.1) is 0 Å². The molecule has 100 valence electrons. The van der Waals surface area contributed by atoms with E-state index in [-0.39, 0.29) is 0 Å². The van der Waals surface area contributed by atoms with Crippen LogP contribution in [0.15, 0.2) is 30.3 Å². The minimum atomic E-state index is 0.470. The molecule has 5 heteroatoms. The van der Waals surface area contributed by atoms with Crippen LogP contribution < -0.4 is 16.0 Å². The summed E-state index contributed by atoms with van der Waals surface area (Å²) in [6.07, 6.45) is 0. The first-order chi connectivity index (χ1) is 9.08. The molecule has 1 heterocycles. The van der Waals surface area contributed by atoms with E-state index in [2.05, 4.69) is 41.4 Å². The zero-order valence-electron chi connectivity index (χ0n) is 11.3. The van der Waals surface area contributed by atoms with E-state index in [1.807, 2.05) is 12.1 Å². The molecule has 0 aliphatic heterocycles. The summed E-state index contributed by atoms with van der Waals surface area (Å²) in [5.74, 6) is 8.18. The van der Waals surface area contributed by atoms with Crippen LogP contribution in [0.3, 0.4) is 0 Å². The lowest BCUT2D eigenvalue weighted by atomic mass is 10.0. The topological polar surface area (TPSA) is 73.1 Å². The van der Waals surface area contributed by atoms with E-state index in [4.69, 9.17) is 10.6 Å². The first kappa shape index (κ1) is 13.3. The number of anilines is 1. The Kier molecular flexibility index (Phi) is 3.97. The second-order valence-corrected chi connectivity index (χ2v) is 4.61. The summed E-state index contributed by atoms with van der Waals surface area (Å²) in [5, 5.41) is 0. The number of ether oxygens (including phenoxy) is 1. The van der Waals surface area contributed by atoms with Crippen molar-refractivity contribution in [2.75, 3.05) is 5.43 Å². The summed E-state index contributed by atoms with van der Waals surface area (Å²) >= 11 is 0. The van der Waals surface area contributed by atoms with Gasteiger partial charge in [0, 0.05) is 6.07 Å². The van der Waals surface area contributed by atoms with Crippen molar-refractivity contribution in [1.29, 1.82) is 0 Å². The van der Waals surface area contributed by atoms with Crippen molar-refractivity contribution in [3.63, 3.8) is 0 Å². The minimum absolute atomic E-state index is 0.470. The third-order valence-corrected chi connectivity index (χ3v) is 2.73. The lowest BCUT2D eigenvalue weighted by Gasteiger charge is -2.09. The molecular weight excluding hydrogens is 240 g/mol. The van der Waals surface area contributed by atoms with Crippen LogP contribution >= 0.6 is 0 Å². The van der Waals surface area contributed by atoms with Gasteiger partial charge in [-0.1, -0.05) is 26.0 Å². The summed E-state index contributed by atoms with van der Waals surface area (Å²) < 4.78 is 5.69. The van der Waals surface area contributed by atoms with Gasteiger partial charge in [-0.15, -0.1) is 0 Å². The Labute approximate surface area is 112 Å². The van der Waals surface area contributed by atoms with E-state index in [0.717, 1.165) is 5.75 Å². The molecule has 0 aliphatic rings. The number of nitrogens with one attached hydrogen (secondary N) is 1. The number of aryl methyl sites for hydroxylation is 1. The molecule has 2 aromatic rings. The van der Waals surface area contributed by atoms with E-state index >= 15 is 0 Å². The highest BCUT2D eigenvalue weighted by Crippen LogP contribution is 2.23. The summed E-state index contributed by atoms with van der Waals surface area (Å²) in [7, 11) is 0. The van der Waals surface area contributed by atoms with Gasteiger partial charge in [0.15, 0.2) is 0 Å². The van der Waals surface area contributed by atoms with Crippen LogP contribution in [0.2, 0.25) is 0 Å². The van der Waals surface area contributed by atoms with Crippen LogP contribution in [0, 0.1) is 6.92 Å². The van der Waals surface area contributed by atoms with Crippen molar-refractivity contribution in [1.82, 2.24) is 9.97 Å². The summed E-state index contributed by atoms with van der Waals surface area (Å²) in [6, 6.07) is 9.63. The molecule has 0 saturated carbocycles. The van der Waals surface area contributed by atoms with Gasteiger partial charge in [-0.05, 0) is 30.5 Å². The lowest BCUT2D eigenvalue weighted by Crippen LogP contribution is -2.09. The lowest BCUT2D eigenvalue weighted by molar-refractivity contribution is 0.460. The molecular formula is C14H18N4O. The van der Waals surface area contributed by atoms with Gasteiger partial charge in [0.1, 0.15) is 17.4 Å². The van der Waals surface area contributed by atoms with Crippen LogP contribution in [-0.4, -0.2) is 9.97 Å². The number of hydrogen-bond acceptors (Lipinski definition) is 5. The van der Waals surface area contributed by atoms with E-state index in [1.165, 1.54) is 5.56 Å². The third-order valence-electron chi connectivity index (χ3n) is 2.73. The molecule has 0 unspecified atom stereocenters. The summed E-state index contributed by atoms with van der Waals surface area (Å²) in [4.78, 5) is 8.31. The second kappa shape index (κ2) is 5.67. The molecule has 0 amide bonds. The molecule has 0 bridgehead atoms. The molecule has 1 aromatic carbocycles. The highest BCUT2D eigenvalue weighted by Gasteiger charge is 2.04. The summed E-state index contributed by atoms with van der Waals surface area (Å²) in [5.41, 5.74) is 3.76. The van der Waals surface area contributed by atoms with Crippen molar-refractivity contribution in [2.45, 2.75) is 26.7 Å². The SMILES string of the molecule is Cc1nc(NN)cc(Oc2ccc(C(C)C)cc2)n1. The molecule has 0 fully saturated rings. The number of hydrazine groups is 1. The van der Waals surface area contributed by atoms with Gasteiger partial charge in [0.2, 0.25) is 5.88 Å². The molecule has 19 heavy (non-hydrogen) atoms. The highest BCUT2D eigenvalue weighted by molar-refractivity contribution is 5.39. The number of aromatic nitrogens is 2. The first-order valence-electron chi connectivity index (χ1n) is 6.18. The fourth-order valence-electron chi connectivity index (χ4n) is 1.71. The summed E-state index contributed by atoms with van der Waals surface area (Å²) in [6.45, 7) is 6.10. The maximum Gasteiger partial charge on any atom is 0.224 e. The fourth-order valence-corrected chi connectivity index (χ4v) is 1.71. The minimum Gasteiger partial charge on any atom is -0.439 e. The number of nitrogens with two attached hydrogens (primary N) is 1. The van der Waals surface area contributed by atoms with Crippen molar-refractivity contribution < 1.29 is 4.74 Å². The maximum atomic E-state index is 5.69. The van der Waals surface area contributed by atoms with Gasteiger partial charge in [0.25, 0.3) is 0 Å². The molecule has 0 spiro atoms. The van der Waals surface area contributed by atoms with E-state index < -0.39 is 0 Å². The molecule has 0 atom stereocenters. The maximum absolute atomic E-state index is 5.69. The van der Waals surface area contributed by atoms with E-state index in [0.29, 0.717) is 23.4 Å². The zero-order chi connectivity index (χ0) is 13.8. The second-order valence-electron chi connectivity index (χ2n) is 4.61. The quantitative estimate of drug-likeness (QED) is 0.651. The van der Waals surface area contributed by atoms with Crippen LogP contribution in [-0.2, 0) is 0 Å². The van der Waals surface area contributed by atoms with Crippen molar-refractivity contribution in [2.24, 2.45) is 5.84 Å². The van der Waals surface area contributed by atoms with Crippen molar-refractivity contribution in [3.8, 4) is 11.6 Å². The molecule has 0 radical (unpaired) electrons. The normalized spacial score (nSPS) is 10.6. The smallest absolute Gasteiger partial charge is 0.224 e. The number of hydrogen-bond donors (Lipinski definition) is 2. The van der Waals surface area contributed by atoms with Crippen LogP contribution in [0.25, 0.3) is 0 Å². The number of nitrogens with zero attached hydrogens (tertiary/aromatic N) is 2. The predicted octanol–water partition coefficient (Wildman–Crippen LogP) is 2.99. The average Bonchev–Trinajstić information content (AvgIpc) is 2.38. The monoisotopic (exact) mass is 258 g/mol. The Balaban J connectivity index is 2.18. The van der Waals surface area contributed by atoms with Crippen LogP contribution in [0.5, 0.6) is 11.6 Å². The van der Waals surface area contributed by atoms with E-state index in [9.17, 15) is 0 Å². The largest absolute Gasteiger partial charge is 0.439 e. The van der Waals surface area contributed by atoms with Gasteiger partial charge in [-0.2, -0.15) is 4.98 Å². The Morgan fingerprint density at radius 2 is 1.84 bits per heavy atom. The van der Waals surface area contributed by atoms with Gasteiger partial charge < -0.3 is 10.2 Å². The Hall–Kier alpha value is -2.14. The van der Waals surface area contributed by atoms with Crippen molar-refractivity contribution in [3.05, 3.63) is 41.7 Å². The molecule has 2 rings (SSSR count). The van der Waals surface area contributed by atoms with Crippen LogP contribution in [0.1, 0.15) is 31.2 Å². The van der Waals surface area contributed by atoms with Gasteiger partial charge >= 0.3 is 0 Å². The molecule has 3 N–H and O–H groups in total. The highest BCUT2D eigenvalue weighted by atomic mass is 16.5. The van der Waals surface area contributed by atoms with Gasteiger partial charge in [-0.25, -0.2) is 10.8 Å². The molecule has 1 aromatic heterocycles. The molecule has 5 nitrogen and oxygen atoms in total. The number of rotatable bonds is 4. The Bertz CT molecular complexity index is 552. The third kappa shape index (κ3) is 3.42. The van der Waals surface area contributed by atoms with Crippen molar-refractivity contribution >= 4 is 5.82 Å². The molecule has 0 saturated heterocycles.